The van der Waals surface area contributed by atoms with E-state index < -0.39 is 15.8 Å². The molecule has 0 radical (unpaired) electrons. The lowest BCUT2D eigenvalue weighted by Gasteiger charge is -2.08. The van der Waals surface area contributed by atoms with Crippen LogP contribution in [0.4, 0.5) is 15.9 Å². The van der Waals surface area contributed by atoms with Crippen molar-refractivity contribution in [3.05, 3.63) is 34.7 Å². The second kappa shape index (κ2) is 6.02. The maximum Gasteiger partial charge on any atom is 0.267 e. The van der Waals surface area contributed by atoms with Crippen LogP contribution in [0.2, 0.25) is 0 Å². The number of rotatable bonds is 5. The van der Waals surface area contributed by atoms with Crippen molar-refractivity contribution in [3.8, 4) is 0 Å². The maximum absolute atomic E-state index is 13.7. The molecule has 6 nitrogen and oxygen atoms in total. The molecule has 0 aliphatic heterocycles. The van der Waals surface area contributed by atoms with Crippen LogP contribution in [0.3, 0.4) is 0 Å². The minimum Gasteiger partial charge on any atom is -0.381 e. The van der Waals surface area contributed by atoms with Crippen LogP contribution in [0.15, 0.2) is 33.8 Å². The van der Waals surface area contributed by atoms with Crippen molar-refractivity contribution in [2.24, 2.45) is 0 Å². The Kier molecular flexibility index (Phi) is 4.52. The second-order valence-corrected chi connectivity index (χ2v) is 6.94. The van der Waals surface area contributed by atoms with Gasteiger partial charge in [-0.3, -0.25) is 9.40 Å². The first-order valence-electron chi connectivity index (χ1n) is 6.14. The highest BCUT2D eigenvalue weighted by Gasteiger charge is 2.22. The summed E-state index contributed by atoms with van der Waals surface area (Å²) in [6, 6.07) is 4.02. The van der Waals surface area contributed by atoms with Crippen molar-refractivity contribution < 1.29 is 12.8 Å². The van der Waals surface area contributed by atoms with Gasteiger partial charge in [0, 0.05) is 17.2 Å². The van der Waals surface area contributed by atoms with E-state index in [0.29, 0.717) is 11.0 Å². The van der Waals surface area contributed by atoms with Crippen LogP contribution in [0.5, 0.6) is 0 Å². The van der Waals surface area contributed by atoms with Crippen molar-refractivity contribution >= 4 is 37.5 Å². The van der Waals surface area contributed by atoms with E-state index in [9.17, 15) is 12.8 Å². The molecule has 0 aliphatic carbocycles. The first kappa shape index (κ1) is 15.8. The minimum absolute atomic E-state index is 0.117. The van der Waals surface area contributed by atoms with E-state index in [-0.39, 0.29) is 16.4 Å². The summed E-state index contributed by atoms with van der Waals surface area (Å²) in [5.74, 6) is -0.805. The van der Waals surface area contributed by atoms with Crippen LogP contribution >= 0.6 is 15.9 Å². The van der Waals surface area contributed by atoms with Crippen molar-refractivity contribution in [1.82, 2.24) is 9.78 Å². The lowest BCUT2D eigenvalue weighted by molar-refractivity contribution is 0.593. The molecule has 9 heteroatoms. The largest absolute Gasteiger partial charge is 0.381 e. The van der Waals surface area contributed by atoms with E-state index in [4.69, 9.17) is 5.73 Å². The first-order valence-corrected chi connectivity index (χ1v) is 8.42. The molecule has 0 spiro atoms. The fourth-order valence-corrected chi connectivity index (χ4v) is 3.22. The molecule has 3 N–H and O–H groups in total. The van der Waals surface area contributed by atoms with Gasteiger partial charge in [-0.1, -0.05) is 22.9 Å². The third-order valence-corrected chi connectivity index (χ3v) is 4.55. The number of anilines is 2. The zero-order chi connectivity index (χ0) is 15.6. The summed E-state index contributed by atoms with van der Waals surface area (Å²) in [4.78, 5) is -0.168. The van der Waals surface area contributed by atoms with Crippen molar-refractivity contribution in [1.29, 1.82) is 0 Å². The Morgan fingerprint density at radius 3 is 2.81 bits per heavy atom. The van der Waals surface area contributed by atoms with Crippen LogP contribution in [0, 0.1) is 5.82 Å². The molecule has 0 atom stereocenters. The van der Waals surface area contributed by atoms with E-state index in [0.717, 1.165) is 6.42 Å². The highest BCUT2D eigenvalue weighted by molar-refractivity contribution is 9.10. The van der Waals surface area contributed by atoms with E-state index in [1.807, 2.05) is 6.92 Å². The van der Waals surface area contributed by atoms with Crippen LogP contribution in [0.25, 0.3) is 0 Å². The van der Waals surface area contributed by atoms with Gasteiger partial charge in [-0.05, 0) is 24.6 Å². The molecule has 0 amide bonds. The topological polar surface area (TPSA) is 90.0 Å². The summed E-state index contributed by atoms with van der Waals surface area (Å²) in [6.07, 6.45) is 2.12. The fraction of sp³-hybridized carbons (Fsp3) is 0.250. The molecule has 0 unspecified atom stereocenters. The normalized spacial score (nSPS) is 11.6. The summed E-state index contributed by atoms with van der Waals surface area (Å²) < 4.78 is 42.4. The number of hydrogen-bond donors (Lipinski definition) is 2. The Labute approximate surface area is 130 Å². The molecule has 0 saturated carbocycles. The van der Waals surface area contributed by atoms with Gasteiger partial charge in [-0.25, -0.2) is 12.8 Å². The van der Waals surface area contributed by atoms with Gasteiger partial charge in [0.1, 0.15) is 10.7 Å². The number of nitrogens with two attached hydrogens (primary N) is 1. The number of sulfonamides is 1. The monoisotopic (exact) mass is 376 g/mol. The molecule has 0 fully saturated rings. The van der Waals surface area contributed by atoms with Gasteiger partial charge in [0.05, 0.1) is 5.69 Å². The number of nitrogens with one attached hydrogen (secondary N) is 1. The van der Waals surface area contributed by atoms with Crippen LogP contribution in [0.1, 0.15) is 13.3 Å². The van der Waals surface area contributed by atoms with E-state index in [1.165, 1.54) is 29.1 Å². The van der Waals surface area contributed by atoms with E-state index in [1.54, 1.807) is 0 Å². The Morgan fingerprint density at radius 2 is 2.19 bits per heavy atom. The van der Waals surface area contributed by atoms with Gasteiger partial charge in [0.15, 0.2) is 5.82 Å². The highest BCUT2D eigenvalue weighted by Crippen LogP contribution is 2.24. The quantitative estimate of drug-likeness (QED) is 0.838. The number of aryl methyl sites for hydroxylation is 1. The third-order valence-electron chi connectivity index (χ3n) is 2.67. The number of halogens is 2. The molecule has 1 aromatic heterocycles. The average Bonchev–Trinajstić information content (AvgIpc) is 2.75. The molecule has 2 rings (SSSR count). The molecule has 1 aromatic carbocycles. The molecule has 0 aliphatic rings. The molecule has 114 valence electrons. The Balaban J connectivity index is 2.34. The van der Waals surface area contributed by atoms with Gasteiger partial charge >= 0.3 is 0 Å². The molecule has 2 aromatic rings. The van der Waals surface area contributed by atoms with Gasteiger partial charge in [-0.15, -0.1) is 0 Å². The third kappa shape index (κ3) is 3.53. The first-order chi connectivity index (χ1) is 9.83. The molecule has 0 bridgehead atoms. The van der Waals surface area contributed by atoms with Crippen molar-refractivity contribution in [2.75, 3.05) is 10.5 Å². The van der Waals surface area contributed by atoms with Gasteiger partial charge in [0.25, 0.3) is 10.0 Å². The second-order valence-electron chi connectivity index (χ2n) is 4.37. The van der Waals surface area contributed by atoms with Crippen molar-refractivity contribution in [2.45, 2.75) is 24.8 Å². The molecule has 1 heterocycles. The summed E-state index contributed by atoms with van der Waals surface area (Å²) in [5.41, 5.74) is 5.47. The molecular formula is C12H14BrFN4O2S. The number of nitrogen functional groups attached to an aromatic ring is 1. The Hall–Kier alpha value is -1.61. The van der Waals surface area contributed by atoms with E-state index in [2.05, 4.69) is 25.8 Å². The van der Waals surface area contributed by atoms with Gasteiger partial charge in [-0.2, -0.15) is 5.10 Å². The number of hydrogen-bond acceptors (Lipinski definition) is 4. The smallest absolute Gasteiger partial charge is 0.267 e. The standard InChI is InChI=1S/C12H14BrFN4O2S/c1-2-5-18-7-11(12(15)16-18)21(19,20)17-10-4-3-8(13)6-9(10)14/h3-4,6-7,17H,2,5H2,1H3,(H2,15,16). The zero-order valence-electron chi connectivity index (χ0n) is 11.2. The van der Waals surface area contributed by atoms with Crippen LogP contribution in [-0.4, -0.2) is 18.2 Å². The molecular weight excluding hydrogens is 363 g/mol. The van der Waals surface area contributed by atoms with Crippen LogP contribution in [-0.2, 0) is 16.6 Å². The Morgan fingerprint density at radius 1 is 1.48 bits per heavy atom. The summed E-state index contributed by atoms with van der Waals surface area (Å²) in [7, 11) is -3.99. The van der Waals surface area contributed by atoms with Crippen LogP contribution < -0.4 is 10.5 Å². The summed E-state index contributed by atoms with van der Waals surface area (Å²) >= 11 is 3.10. The number of benzene rings is 1. The average molecular weight is 377 g/mol. The predicted octanol–water partition coefficient (Wildman–Crippen LogP) is 2.58. The molecule has 0 saturated heterocycles. The van der Waals surface area contributed by atoms with E-state index >= 15 is 0 Å². The fourth-order valence-electron chi connectivity index (χ4n) is 1.74. The van der Waals surface area contributed by atoms with Gasteiger partial charge < -0.3 is 5.73 Å². The Bertz CT molecular complexity index is 761. The minimum atomic E-state index is -3.99. The lowest BCUT2D eigenvalue weighted by Crippen LogP contribution is -2.14. The maximum atomic E-state index is 13.7. The lowest BCUT2D eigenvalue weighted by atomic mass is 10.3. The number of nitrogens with zero attached hydrogens (tertiary/aromatic N) is 2. The molecule has 21 heavy (non-hydrogen) atoms. The SMILES string of the molecule is CCCn1cc(S(=O)(=O)Nc2ccc(Br)cc2F)c(N)n1. The van der Waals surface area contributed by atoms with Gasteiger partial charge in [0.2, 0.25) is 0 Å². The number of aromatic nitrogens is 2. The summed E-state index contributed by atoms with van der Waals surface area (Å²) in [5, 5.41) is 3.92. The van der Waals surface area contributed by atoms with Crippen molar-refractivity contribution in [3.63, 3.8) is 0 Å². The highest BCUT2D eigenvalue weighted by atomic mass is 79.9. The summed E-state index contributed by atoms with van der Waals surface area (Å²) in [6.45, 7) is 2.48. The zero-order valence-corrected chi connectivity index (χ0v) is 13.6. The predicted molar refractivity (Wildman–Crippen MR) is 81.8 cm³/mol.